The van der Waals surface area contributed by atoms with Gasteiger partial charge in [-0.1, -0.05) is 38.1 Å². The van der Waals surface area contributed by atoms with E-state index in [-0.39, 0.29) is 16.8 Å². The van der Waals surface area contributed by atoms with Gasteiger partial charge in [-0.2, -0.15) is 4.31 Å². The first-order chi connectivity index (χ1) is 13.8. The van der Waals surface area contributed by atoms with Crippen molar-refractivity contribution in [2.75, 3.05) is 13.1 Å². The largest absolute Gasteiger partial charge is 0.459 e. The number of amides is 1. The highest BCUT2D eigenvalue weighted by molar-refractivity contribution is 7.89. The second kappa shape index (κ2) is 8.39. The first-order valence-corrected chi connectivity index (χ1v) is 11.1. The van der Waals surface area contributed by atoms with Crippen molar-refractivity contribution in [3.05, 3.63) is 65.4 Å². The van der Waals surface area contributed by atoms with Crippen LogP contribution in [-0.4, -0.2) is 31.7 Å². The molecule has 29 heavy (non-hydrogen) atoms. The number of sulfonamides is 1. The van der Waals surface area contributed by atoms with Crippen molar-refractivity contribution in [3.63, 3.8) is 0 Å². The molecule has 0 aliphatic rings. The monoisotopic (exact) mass is 414 g/mol. The molecule has 0 aliphatic carbocycles. The highest BCUT2D eigenvalue weighted by Crippen LogP contribution is 2.29. The van der Waals surface area contributed by atoms with E-state index in [1.165, 1.54) is 16.4 Å². The van der Waals surface area contributed by atoms with Gasteiger partial charge in [0, 0.05) is 29.6 Å². The van der Waals surface area contributed by atoms with Gasteiger partial charge >= 0.3 is 0 Å². The lowest BCUT2D eigenvalue weighted by Gasteiger charge is -2.19. The summed E-state index contributed by atoms with van der Waals surface area (Å²) in [6, 6.07) is 13.5. The zero-order valence-electron chi connectivity index (χ0n) is 17.1. The molecule has 1 N–H and O–H groups in total. The number of para-hydroxylation sites is 1. The van der Waals surface area contributed by atoms with Crippen LogP contribution in [0.2, 0.25) is 0 Å². The van der Waals surface area contributed by atoms with Gasteiger partial charge in [0.1, 0.15) is 11.3 Å². The topological polar surface area (TPSA) is 79.6 Å². The predicted molar refractivity (Wildman–Crippen MR) is 113 cm³/mol. The molecule has 0 saturated heterocycles. The zero-order valence-corrected chi connectivity index (χ0v) is 17.9. The van der Waals surface area contributed by atoms with Crippen LogP contribution in [0.1, 0.15) is 48.5 Å². The molecular formula is C22H26N2O4S. The minimum atomic E-state index is -3.63. The molecule has 0 radical (unpaired) electrons. The number of nitrogens with zero attached hydrogens (tertiary/aromatic N) is 1. The first-order valence-electron chi connectivity index (χ1n) is 9.68. The van der Waals surface area contributed by atoms with E-state index < -0.39 is 10.0 Å². The molecule has 6 nitrogen and oxygen atoms in total. The quantitative estimate of drug-likeness (QED) is 0.626. The Bertz CT molecular complexity index is 1130. The minimum absolute atomic E-state index is 0.112. The van der Waals surface area contributed by atoms with Crippen molar-refractivity contribution < 1.29 is 17.6 Å². The Morgan fingerprint density at radius 2 is 1.79 bits per heavy atom. The molecule has 0 aliphatic heterocycles. The molecule has 1 amide bonds. The van der Waals surface area contributed by atoms with E-state index in [1.54, 1.807) is 26.0 Å². The zero-order chi connectivity index (χ0) is 21.2. The number of hydrogen-bond acceptors (Lipinski definition) is 4. The Hall–Kier alpha value is -2.64. The molecule has 3 rings (SSSR count). The Kier molecular flexibility index (Phi) is 6.10. The van der Waals surface area contributed by atoms with Crippen LogP contribution in [0.5, 0.6) is 0 Å². The summed E-state index contributed by atoms with van der Waals surface area (Å²) in [6.45, 7) is 8.12. The Morgan fingerprint density at radius 3 is 2.45 bits per heavy atom. The fourth-order valence-corrected chi connectivity index (χ4v) is 4.97. The number of benzene rings is 2. The number of nitrogens with one attached hydrogen (secondary N) is 1. The average Bonchev–Trinajstić information content (AvgIpc) is 3.06. The summed E-state index contributed by atoms with van der Waals surface area (Å²) < 4.78 is 32.8. The Balaban J connectivity index is 1.85. The van der Waals surface area contributed by atoms with E-state index in [9.17, 15) is 13.2 Å². The molecule has 2 aromatic carbocycles. The van der Waals surface area contributed by atoms with Gasteiger partial charge in [0.05, 0.1) is 10.9 Å². The van der Waals surface area contributed by atoms with Gasteiger partial charge in [-0.3, -0.25) is 4.79 Å². The molecule has 3 aromatic rings. The van der Waals surface area contributed by atoms with E-state index in [0.29, 0.717) is 24.4 Å². The number of rotatable bonds is 7. The van der Waals surface area contributed by atoms with E-state index in [0.717, 1.165) is 16.5 Å². The van der Waals surface area contributed by atoms with Crippen molar-refractivity contribution in [2.45, 2.75) is 38.6 Å². The number of aryl methyl sites for hydroxylation is 1. The summed E-state index contributed by atoms with van der Waals surface area (Å²) in [4.78, 5) is 12.9. The smallest absolute Gasteiger partial charge is 0.251 e. The highest BCUT2D eigenvalue weighted by Gasteiger charge is 2.23. The summed E-state index contributed by atoms with van der Waals surface area (Å²) in [7, 11) is -3.63. The maximum atomic E-state index is 12.8. The standard InChI is InChI=1S/C22H26N2O4S/c1-5-24(6-2)29(26,27)18-11-9-10-17(14-18)22(25)23-16(4)21-15(3)19-12-7-8-13-20(19)28-21/h7-14,16H,5-6H2,1-4H3,(H,23,25). The van der Waals surface area contributed by atoms with Crippen molar-refractivity contribution >= 4 is 26.9 Å². The minimum Gasteiger partial charge on any atom is -0.459 e. The summed E-state index contributed by atoms with van der Waals surface area (Å²) in [5.41, 5.74) is 2.04. The summed E-state index contributed by atoms with van der Waals surface area (Å²) >= 11 is 0. The van der Waals surface area contributed by atoms with Gasteiger partial charge in [-0.25, -0.2) is 8.42 Å². The van der Waals surface area contributed by atoms with Crippen LogP contribution in [-0.2, 0) is 10.0 Å². The molecule has 0 saturated carbocycles. The maximum absolute atomic E-state index is 12.8. The number of carbonyl (C=O) groups excluding carboxylic acids is 1. The molecule has 1 aromatic heterocycles. The average molecular weight is 415 g/mol. The van der Waals surface area contributed by atoms with Crippen LogP contribution < -0.4 is 5.32 Å². The second-order valence-corrected chi connectivity index (χ2v) is 8.84. The van der Waals surface area contributed by atoms with Crippen LogP contribution in [0, 0.1) is 6.92 Å². The number of fused-ring (bicyclic) bond motifs is 1. The van der Waals surface area contributed by atoms with Gasteiger partial charge in [0.15, 0.2) is 0 Å². The third-order valence-electron chi connectivity index (χ3n) is 5.06. The van der Waals surface area contributed by atoms with Gasteiger partial charge < -0.3 is 9.73 Å². The Labute approximate surface area is 171 Å². The molecule has 1 heterocycles. The first kappa shape index (κ1) is 21.1. The molecule has 154 valence electrons. The van der Waals surface area contributed by atoms with Crippen molar-refractivity contribution in [3.8, 4) is 0 Å². The predicted octanol–water partition coefficient (Wildman–Crippen LogP) is 4.26. The van der Waals surface area contributed by atoms with E-state index >= 15 is 0 Å². The maximum Gasteiger partial charge on any atom is 0.251 e. The van der Waals surface area contributed by atoms with Gasteiger partial charge in [-0.15, -0.1) is 0 Å². The number of carbonyl (C=O) groups is 1. The normalized spacial score (nSPS) is 13.0. The third kappa shape index (κ3) is 4.06. The van der Waals surface area contributed by atoms with Crippen molar-refractivity contribution in [1.82, 2.24) is 9.62 Å². The third-order valence-corrected chi connectivity index (χ3v) is 7.11. The highest BCUT2D eigenvalue weighted by atomic mass is 32.2. The van der Waals surface area contributed by atoms with E-state index in [1.807, 2.05) is 38.1 Å². The second-order valence-electron chi connectivity index (χ2n) is 6.90. The van der Waals surface area contributed by atoms with E-state index in [2.05, 4.69) is 5.32 Å². The molecular weight excluding hydrogens is 388 g/mol. The molecule has 1 atom stereocenters. The van der Waals surface area contributed by atoms with Gasteiger partial charge in [-0.05, 0) is 38.1 Å². The number of hydrogen-bond donors (Lipinski definition) is 1. The van der Waals surface area contributed by atoms with Gasteiger partial charge in [0.2, 0.25) is 10.0 Å². The molecule has 0 bridgehead atoms. The number of furan rings is 1. The summed E-state index contributed by atoms with van der Waals surface area (Å²) in [5.74, 6) is 0.334. The lowest BCUT2D eigenvalue weighted by atomic mass is 10.1. The van der Waals surface area contributed by atoms with Crippen LogP contribution in [0.15, 0.2) is 57.8 Å². The van der Waals surface area contributed by atoms with Crippen LogP contribution in [0.4, 0.5) is 0 Å². The molecule has 0 spiro atoms. The van der Waals surface area contributed by atoms with Crippen molar-refractivity contribution in [2.24, 2.45) is 0 Å². The molecule has 1 unspecified atom stereocenters. The fraction of sp³-hybridized carbons (Fsp3) is 0.318. The molecule has 0 fully saturated rings. The lowest BCUT2D eigenvalue weighted by molar-refractivity contribution is 0.0935. The lowest BCUT2D eigenvalue weighted by Crippen LogP contribution is -2.31. The Morgan fingerprint density at radius 1 is 1.10 bits per heavy atom. The van der Waals surface area contributed by atoms with Crippen LogP contribution in [0.25, 0.3) is 11.0 Å². The summed E-state index contributed by atoms with van der Waals surface area (Å²) in [5, 5.41) is 3.92. The summed E-state index contributed by atoms with van der Waals surface area (Å²) in [6.07, 6.45) is 0. The van der Waals surface area contributed by atoms with Crippen LogP contribution in [0.3, 0.4) is 0 Å². The SMILES string of the molecule is CCN(CC)S(=O)(=O)c1cccc(C(=O)NC(C)c2oc3ccccc3c2C)c1. The van der Waals surface area contributed by atoms with Crippen molar-refractivity contribution in [1.29, 1.82) is 0 Å². The van der Waals surface area contributed by atoms with E-state index in [4.69, 9.17) is 4.42 Å². The van der Waals surface area contributed by atoms with Gasteiger partial charge in [0.25, 0.3) is 5.91 Å². The molecule has 7 heteroatoms. The fourth-order valence-electron chi connectivity index (χ4n) is 3.46. The van der Waals surface area contributed by atoms with Crippen LogP contribution >= 0.6 is 0 Å².